The van der Waals surface area contributed by atoms with Gasteiger partial charge in [-0.15, -0.1) is 0 Å². The Morgan fingerprint density at radius 2 is 1.75 bits per heavy atom. The Balaban J connectivity index is 2.64. The van der Waals surface area contributed by atoms with E-state index in [1.807, 2.05) is 26.8 Å². The van der Waals surface area contributed by atoms with Crippen LogP contribution < -0.4 is 5.73 Å². The van der Waals surface area contributed by atoms with E-state index in [1.54, 1.807) is 4.68 Å². The summed E-state index contributed by atoms with van der Waals surface area (Å²) in [4.78, 5) is 4.54. The van der Waals surface area contributed by atoms with E-state index in [9.17, 15) is 0 Å². The summed E-state index contributed by atoms with van der Waals surface area (Å²) >= 11 is 0. The number of aryl methyl sites for hydroxylation is 4. The lowest BCUT2D eigenvalue weighted by atomic mass is 10.1. The molecule has 84 valence electrons. The number of hydrogen-bond donors (Lipinski definition) is 1. The molecule has 0 aliphatic rings. The molecule has 2 aromatic heterocycles. The summed E-state index contributed by atoms with van der Waals surface area (Å²) in [7, 11) is 0. The summed E-state index contributed by atoms with van der Waals surface area (Å²) in [5.74, 6) is 1.44. The zero-order valence-corrected chi connectivity index (χ0v) is 10.1. The van der Waals surface area contributed by atoms with Crippen LogP contribution in [0.3, 0.4) is 0 Å². The summed E-state index contributed by atoms with van der Waals surface area (Å²) < 4.78 is 1.69. The average Bonchev–Trinajstić information content (AvgIpc) is 2.51. The van der Waals surface area contributed by atoms with Crippen molar-refractivity contribution in [3.05, 3.63) is 34.6 Å². The standard InChI is InChI=1S/C12H16N4/c1-7-5-8(2)12(14-10(7)4)16-11(13)6-9(3)15-16/h5-6H,13H2,1-4H3. The fourth-order valence-electron chi connectivity index (χ4n) is 1.73. The van der Waals surface area contributed by atoms with Crippen LogP contribution in [0.25, 0.3) is 5.82 Å². The second kappa shape index (κ2) is 3.63. The first-order valence-corrected chi connectivity index (χ1v) is 5.26. The summed E-state index contributed by atoms with van der Waals surface area (Å²) in [5, 5.41) is 4.34. The summed E-state index contributed by atoms with van der Waals surface area (Å²) in [6, 6.07) is 3.95. The van der Waals surface area contributed by atoms with Crippen molar-refractivity contribution in [2.45, 2.75) is 27.7 Å². The van der Waals surface area contributed by atoms with Gasteiger partial charge in [-0.1, -0.05) is 6.07 Å². The molecular formula is C12H16N4. The fourth-order valence-corrected chi connectivity index (χ4v) is 1.73. The van der Waals surface area contributed by atoms with Crippen LogP contribution in [-0.2, 0) is 0 Å². The molecule has 0 aromatic carbocycles. The van der Waals surface area contributed by atoms with Gasteiger partial charge in [-0.2, -0.15) is 9.78 Å². The Morgan fingerprint density at radius 1 is 1.06 bits per heavy atom. The summed E-state index contributed by atoms with van der Waals surface area (Å²) in [5.41, 5.74) is 10.1. The van der Waals surface area contributed by atoms with Crippen LogP contribution >= 0.6 is 0 Å². The van der Waals surface area contributed by atoms with Crippen molar-refractivity contribution >= 4 is 5.82 Å². The number of pyridine rings is 1. The van der Waals surface area contributed by atoms with Gasteiger partial charge in [0.1, 0.15) is 5.82 Å². The summed E-state index contributed by atoms with van der Waals surface area (Å²) in [6.07, 6.45) is 0. The van der Waals surface area contributed by atoms with Crippen LogP contribution in [0.4, 0.5) is 5.82 Å². The normalized spacial score (nSPS) is 10.8. The minimum absolute atomic E-state index is 0.622. The van der Waals surface area contributed by atoms with Crippen molar-refractivity contribution in [1.29, 1.82) is 0 Å². The average molecular weight is 216 g/mol. The largest absolute Gasteiger partial charge is 0.384 e. The highest BCUT2D eigenvalue weighted by molar-refractivity contribution is 5.44. The number of nitrogens with zero attached hydrogens (tertiary/aromatic N) is 3. The van der Waals surface area contributed by atoms with E-state index in [2.05, 4.69) is 23.1 Å². The lowest BCUT2D eigenvalue weighted by Gasteiger charge is -2.09. The van der Waals surface area contributed by atoms with E-state index in [1.165, 1.54) is 5.56 Å². The maximum Gasteiger partial charge on any atom is 0.158 e. The molecule has 0 amide bonds. The zero-order valence-electron chi connectivity index (χ0n) is 10.1. The van der Waals surface area contributed by atoms with Crippen LogP contribution in [0.15, 0.2) is 12.1 Å². The van der Waals surface area contributed by atoms with Crippen molar-refractivity contribution in [3.63, 3.8) is 0 Å². The van der Waals surface area contributed by atoms with E-state index >= 15 is 0 Å². The molecule has 0 aliphatic carbocycles. The number of hydrogen-bond acceptors (Lipinski definition) is 3. The predicted molar refractivity (Wildman–Crippen MR) is 64.7 cm³/mol. The first-order chi connectivity index (χ1) is 7.49. The van der Waals surface area contributed by atoms with Crippen LogP contribution in [-0.4, -0.2) is 14.8 Å². The first kappa shape index (κ1) is 10.7. The fraction of sp³-hybridized carbons (Fsp3) is 0.333. The maximum absolute atomic E-state index is 5.89. The van der Waals surface area contributed by atoms with Gasteiger partial charge in [0.15, 0.2) is 5.82 Å². The van der Waals surface area contributed by atoms with Gasteiger partial charge >= 0.3 is 0 Å². The van der Waals surface area contributed by atoms with Gasteiger partial charge in [0.25, 0.3) is 0 Å². The quantitative estimate of drug-likeness (QED) is 0.794. The van der Waals surface area contributed by atoms with Crippen LogP contribution in [0.1, 0.15) is 22.5 Å². The molecular weight excluding hydrogens is 200 g/mol. The number of rotatable bonds is 1. The topological polar surface area (TPSA) is 56.7 Å². The van der Waals surface area contributed by atoms with Gasteiger partial charge in [-0.3, -0.25) is 0 Å². The smallest absolute Gasteiger partial charge is 0.158 e. The highest BCUT2D eigenvalue weighted by atomic mass is 15.3. The molecule has 0 fully saturated rings. The molecule has 2 N–H and O–H groups in total. The van der Waals surface area contributed by atoms with Crippen LogP contribution in [0.2, 0.25) is 0 Å². The molecule has 2 aromatic rings. The van der Waals surface area contributed by atoms with Crippen molar-refractivity contribution in [3.8, 4) is 5.82 Å². The van der Waals surface area contributed by atoms with E-state index in [0.717, 1.165) is 22.8 Å². The van der Waals surface area contributed by atoms with Gasteiger partial charge in [0, 0.05) is 11.8 Å². The molecule has 16 heavy (non-hydrogen) atoms. The molecule has 0 unspecified atom stereocenters. The van der Waals surface area contributed by atoms with E-state index in [0.29, 0.717) is 5.82 Å². The molecule has 0 aliphatic heterocycles. The van der Waals surface area contributed by atoms with Gasteiger partial charge in [-0.05, 0) is 38.8 Å². The molecule has 0 atom stereocenters. The molecule has 0 saturated heterocycles. The molecule has 2 heterocycles. The Labute approximate surface area is 95.1 Å². The zero-order chi connectivity index (χ0) is 11.9. The van der Waals surface area contributed by atoms with Gasteiger partial charge in [-0.25, -0.2) is 4.98 Å². The Bertz CT molecular complexity index is 540. The van der Waals surface area contributed by atoms with Crippen molar-refractivity contribution in [2.24, 2.45) is 0 Å². The highest BCUT2D eigenvalue weighted by Crippen LogP contribution is 2.18. The number of anilines is 1. The maximum atomic E-state index is 5.89. The Morgan fingerprint density at radius 3 is 2.31 bits per heavy atom. The SMILES string of the molecule is Cc1cc(N)n(-c2nc(C)c(C)cc2C)n1. The highest BCUT2D eigenvalue weighted by Gasteiger charge is 2.10. The first-order valence-electron chi connectivity index (χ1n) is 5.26. The van der Waals surface area contributed by atoms with E-state index in [4.69, 9.17) is 5.73 Å². The monoisotopic (exact) mass is 216 g/mol. The predicted octanol–water partition coefficient (Wildman–Crippen LogP) is 2.08. The molecule has 2 rings (SSSR count). The third kappa shape index (κ3) is 1.66. The minimum Gasteiger partial charge on any atom is -0.384 e. The molecule has 0 spiro atoms. The Kier molecular flexibility index (Phi) is 2.42. The van der Waals surface area contributed by atoms with E-state index in [-0.39, 0.29) is 0 Å². The third-order valence-electron chi connectivity index (χ3n) is 2.69. The molecule has 4 nitrogen and oxygen atoms in total. The molecule has 4 heteroatoms. The second-order valence-corrected chi connectivity index (χ2v) is 4.15. The number of nitrogen functional groups attached to an aromatic ring is 1. The second-order valence-electron chi connectivity index (χ2n) is 4.15. The van der Waals surface area contributed by atoms with Crippen LogP contribution in [0, 0.1) is 27.7 Å². The molecule has 0 saturated carbocycles. The van der Waals surface area contributed by atoms with Crippen molar-refractivity contribution in [1.82, 2.24) is 14.8 Å². The van der Waals surface area contributed by atoms with Gasteiger partial charge in [0.05, 0.1) is 5.69 Å². The van der Waals surface area contributed by atoms with Crippen molar-refractivity contribution < 1.29 is 0 Å². The van der Waals surface area contributed by atoms with Crippen LogP contribution in [0.5, 0.6) is 0 Å². The third-order valence-corrected chi connectivity index (χ3v) is 2.69. The summed E-state index contributed by atoms with van der Waals surface area (Å²) in [6.45, 7) is 7.98. The van der Waals surface area contributed by atoms with Gasteiger partial charge in [0.2, 0.25) is 0 Å². The lowest BCUT2D eigenvalue weighted by molar-refractivity contribution is 0.825. The minimum atomic E-state index is 0.622. The van der Waals surface area contributed by atoms with E-state index < -0.39 is 0 Å². The molecule has 0 radical (unpaired) electrons. The lowest BCUT2D eigenvalue weighted by Crippen LogP contribution is -2.07. The molecule has 0 bridgehead atoms. The number of aromatic nitrogens is 3. The number of nitrogens with two attached hydrogens (primary N) is 1. The van der Waals surface area contributed by atoms with Gasteiger partial charge < -0.3 is 5.73 Å². The van der Waals surface area contributed by atoms with Crippen molar-refractivity contribution in [2.75, 3.05) is 5.73 Å². The Hall–Kier alpha value is -1.84.